The van der Waals surface area contributed by atoms with E-state index in [1.165, 1.54) is 11.3 Å². The third kappa shape index (κ3) is 3.72. The molecule has 0 atom stereocenters. The number of carbonyl (C=O) groups excluding carboxylic acids is 1. The molecular formula is C20H17ClN4O2S. The number of hydrogen-bond donors (Lipinski definition) is 1. The van der Waals surface area contributed by atoms with Gasteiger partial charge in [0.05, 0.1) is 17.6 Å². The molecule has 0 aliphatic heterocycles. The molecule has 0 unspecified atom stereocenters. The fraction of sp³-hybridized carbons (Fsp3) is 0.150. The van der Waals surface area contributed by atoms with Gasteiger partial charge in [0.25, 0.3) is 5.91 Å². The SMILES string of the molecule is CC(C)c1csc(NC(=O)c2cc(-c3ccco3)n(-c3ccc(Cl)cc3)n2)n1. The van der Waals surface area contributed by atoms with Crippen LogP contribution in [-0.4, -0.2) is 20.7 Å². The second-order valence-electron chi connectivity index (χ2n) is 6.47. The van der Waals surface area contributed by atoms with Crippen LogP contribution in [0, 0.1) is 0 Å². The van der Waals surface area contributed by atoms with Crippen LogP contribution in [0.1, 0.15) is 35.9 Å². The number of carbonyl (C=O) groups is 1. The Morgan fingerprint density at radius 3 is 2.68 bits per heavy atom. The van der Waals surface area contributed by atoms with Gasteiger partial charge in [-0.1, -0.05) is 25.4 Å². The Hall–Kier alpha value is -2.90. The highest BCUT2D eigenvalue weighted by Crippen LogP contribution is 2.26. The molecule has 0 bridgehead atoms. The number of benzene rings is 1. The number of thiazole rings is 1. The van der Waals surface area contributed by atoms with Crippen molar-refractivity contribution in [2.24, 2.45) is 0 Å². The van der Waals surface area contributed by atoms with Gasteiger partial charge in [0.15, 0.2) is 16.6 Å². The van der Waals surface area contributed by atoms with E-state index < -0.39 is 0 Å². The second-order valence-corrected chi connectivity index (χ2v) is 7.76. The standard InChI is InChI=1S/C20H17ClN4O2S/c1-12(2)16-11-28-20(22-16)23-19(26)15-10-17(18-4-3-9-27-18)25(24-15)14-7-5-13(21)6-8-14/h3-12H,1-2H3,(H,22,23,26). The van der Waals surface area contributed by atoms with Crippen LogP contribution in [0.4, 0.5) is 5.13 Å². The Morgan fingerprint density at radius 2 is 2.04 bits per heavy atom. The van der Waals surface area contributed by atoms with E-state index in [0.717, 1.165) is 11.4 Å². The smallest absolute Gasteiger partial charge is 0.277 e. The molecule has 0 saturated carbocycles. The van der Waals surface area contributed by atoms with Gasteiger partial charge in [-0.2, -0.15) is 5.10 Å². The zero-order valence-corrected chi connectivity index (χ0v) is 16.8. The molecule has 142 valence electrons. The monoisotopic (exact) mass is 412 g/mol. The van der Waals surface area contributed by atoms with Crippen LogP contribution in [-0.2, 0) is 0 Å². The predicted octanol–water partition coefficient (Wildman–Crippen LogP) is 5.62. The van der Waals surface area contributed by atoms with Crippen molar-refractivity contribution in [3.63, 3.8) is 0 Å². The summed E-state index contributed by atoms with van der Waals surface area (Å²) in [6, 6.07) is 12.5. The summed E-state index contributed by atoms with van der Waals surface area (Å²) in [5, 5.41) is 10.4. The van der Waals surface area contributed by atoms with Gasteiger partial charge in [-0.3, -0.25) is 10.1 Å². The molecule has 4 rings (SSSR count). The lowest BCUT2D eigenvalue weighted by atomic mass is 10.2. The highest BCUT2D eigenvalue weighted by Gasteiger charge is 2.19. The van der Waals surface area contributed by atoms with Crippen LogP contribution in [0.5, 0.6) is 0 Å². The van der Waals surface area contributed by atoms with Gasteiger partial charge in [-0.05, 0) is 42.3 Å². The van der Waals surface area contributed by atoms with Crippen LogP contribution in [0.2, 0.25) is 5.02 Å². The molecule has 0 radical (unpaired) electrons. The van der Waals surface area contributed by atoms with E-state index in [1.54, 1.807) is 35.2 Å². The zero-order valence-electron chi connectivity index (χ0n) is 15.2. The molecule has 4 aromatic rings. The molecule has 8 heteroatoms. The van der Waals surface area contributed by atoms with Crippen LogP contribution in [0.15, 0.2) is 58.5 Å². The summed E-state index contributed by atoms with van der Waals surface area (Å²) in [6.45, 7) is 4.12. The van der Waals surface area contributed by atoms with Crippen molar-refractivity contribution in [3.8, 4) is 17.1 Å². The van der Waals surface area contributed by atoms with Gasteiger partial charge < -0.3 is 4.42 Å². The third-order valence-corrected chi connectivity index (χ3v) is 5.15. The van der Waals surface area contributed by atoms with Gasteiger partial charge in [-0.15, -0.1) is 11.3 Å². The van der Waals surface area contributed by atoms with Gasteiger partial charge in [0.2, 0.25) is 0 Å². The summed E-state index contributed by atoms with van der Waals surface area (Å²) < 4.78 is 7.18. The summed E-state index contributed by atoms with van der Waals surface area (Å²) >= 11 is 7.39. The molecule has 3 heterocycles. The summed E-state index contributed by atoms with van der Waals surface area (Å²) in [4.78, 5) is 17.2. The molecular weight excluding hydrogens is 396 g/mol. The number of furan rings is 1. The van der Waals surface area contributed by atoms with E-state index in [1.807, 2.05) is 23.6 Å². The van der Waals surface area contributed by atoms with Gasteiger partial charge in [-0.25, -0.2) is 9.67 Å². The zero-order chi connectivity index (χ0) is 19.7. The Bertz CT molecular complexity index is 1100. The number of aromatic nitrogens is 3. The first-order valence-corrected chi connectivity index (χ1v) is 9.93. The molecule has 3 aromatic heterocycles. The normalized spacial score (nSPS) is 11.1. The van der Waals surface area contributed by atoms with Crippen LogP contribution < -0.4 is 5.32 Å². The first-order valence-electron chi connectivity index (χ1n) is 8.68. The minimum absolute atomic E-state index is 0.266. The van der Waals surface area contributed by atoms with Crippen molar-refractivity contribution in [2.45, 2.75) is 19.8 Å². The number of amides is 1. The minimum atomic E-state index is -0.329. The van der Waals surface area contributed by atoms with E-state index in [-0.39, 0.29) is 11.6 Å². The molecule has 0 aliphatic carbocycles. The highest BCUT2D eigenvalue weighted by atomic mass is 35.5. The molecule has 28 heavy (non-hydrogen) atoms. The average Bonchev–Trinajstić information content (AvgIpc) is 3.42. The van der Waals surface area contributed by atoms with E-state index in [0.29, 0.717) is 27.5 Å². The molecule has 0 aliphatic rings. The fourth-order valence-corrected chi connectivity index (χ4v) is 3.63. The van der Waals surface area contributed by atoms with Crippen molar-refractivity contribution in [3.05, 3.63) is 70.5 Å². The maximum Gasteiger partial charge on any atom is 0.277 e. The second kappa shape index (κ2) is 7.61. The summed E-state index contributed by atoms with van der Waals surface area (Å²) in [7, 11) is 0. The number of rotatable bonds is 5. The molecule has 1 aromatic carbocycles. The number of nitrogens with one attached hydrogen (secondary N) is 1. The molecule has 1 N–H and O–H groups in total. The molecule has 6 nitrogen and oxygen atoms in total. The van der Waals surface area contributed by atoms with Crippen molar-refractivity contribution < 1.29 is 9.21 Å². The van der Waals surface area contributed by atoms with Crippen molar-refractivity contribution >= 4 is 34.0 Å². The van der Waals surface area contributed by atoms with Crippen molar-refractivity contribution in [1.29, 1.82) is 0 Å². The molecule has 0 fully saturated rings. The maximum absolute atomic E-state index is 12.7. The first kappa shape index (κ1) is 18.5. The van der Waals surface area contributed by atoms with E-state index in [2.05, 4.69) is 29.2 Å². The quantitative estimate of drug-likeness (QED) is 0.461. The fourth-order valence-electron chi connectivity index (χ4n) is 2.64. The Kier molecular flexibility index (Phi) is 5.02. The minimum Gasteiger partial charge on any atom is -0.463 e. The van der Waals surface area contributed by atoms with E-state index in [9.17, 15) is 4.79 Å². The van der Waals surface area contributed by atoms with Gasteiger partial charge in [0.1, 0.15) is 5.69 Å². The van der Waals surface area contributed by atoms with Gasteiger partial charge in [0, 0.05) is 16.5 Å². The summed E-state index contributed by atoms with van der Waals surface area (Å²) in [5.41, 5.74) is 2.65. The number of nitrogens with zero attached hydrogens (tertiary/aromatic N) is 3. The first-order chi connectivity index (χ1) is 13.5. The lowest BCUT2D eigenvalue weighted by molar-refractivity contribution is 0.102. The molecule has 1 amide bonds. The Morgan fingerprint density at radius 1 is 1.25 bits per heavy atom. The molecule has 0 spiro atoms. The number of hydrogen-bond acceptors (Lipinski definition) is 5. The van der Waals surface area contributed by atoms with Crippen LogP contribution >= 0.6 is 22.9 Å². The lowest BCUT2D eigenvalue weighted by Crippen LogP contribution is -2.13. The Balaban J connectivity index is 1.68. The lowest BCUT2D eigenvalue weighted by Gasteiger charge is -2.05. The molecule has 0 saturated heterocycles. The third-order valence-electron chi connectivity index (χ3n) is 4.12. The van der Waals surface area contributed by atoms with Crippen molar-refractivity contribution in [1.82, 2.24) is 14.8 Å². The van der Waals surface area contributed by atoms with Gasteiger partial charge >= 0.3 is 0 Å². The average molecular weight is 413 g/mol. The maximum atomic E-state index is 12.7. The summed E-state index contributed by atoms with van der Waals surface area (Å²) in [6.07, 6.45) is 1.58. The topological polar surface area (TPSA) is 73.0 Å². The van der Waals surface area contributed by atoms with Crippen LogP contribution in [0.3, 0.4) is 0 Å². The van der Waals surface area contributed by atoms with Crippen LogP contribution in [0.25, 0.3) is 17.1 Å². The number of anilines is 1. The van der Waals surface area contributed by atoms with E-state index in [4.69, 9.17) is 16.0 Å². The van der Waals surface area contributed by atoms with E-state index >= 15 is 0 Å². The van der Waals surface area contributed by atoms with Crippen molar-refractivity contribution in [2.75, 3.05) is 5.32 Å². The Labute approximate surface area is 170 Å². The largest absolute Gasteiger partial charge is 0.463 e. The summed E-state index contributed by atoms with van der Waals surface area (Å²) in [5.74, 6) is 0.583. The number of halogens is 1. The predicted molar refractivity (Wildman–Crippen MR) is 110 cm³/mol. The highest BCUT2D eigenvalue weighted by molar-refractivity contribution is 7.14.